The third kappa shape index (κ3) is 6.00. The molecule has 4 rings (SSSR count). The van der Waals surface area contributed by atoms with Gasteiger partial charge in [-0.05, 0) is 36.4 Å². The predicted molar refractivity (Wildman–Crippen MR) is 129 cm³/mol. The summed E-state index contributed by atoms with van der Waals surface area (Å²) in [6.07, 6.45) is 0. The maximum Gasteiger partial charge on any atom is 0.254 e. The van der Waals surface area contributed by atoms with Gasteiger partial charge in [0.05, 0.1) is 18.2 Å². The minimum absolute atomic E-state index is 0.0590. The molecule has 0 aliphatic carbocycles. The standard InChI is InChI=1S/C27H26N4O3/c28-18-22-7-4-5-8-23(22)20-34-25-12-6-9-21(17-25)27(33)31-15-13-30(14-16-31)19-26(32)29-24-10-2-1-3-11-24/h1-12,17H,13-16,19-20H2,(H,29,32). The highest BCUT2D eigenvalue weighted by Gasteiger charge is 2.23. The van der Waals surface area contributed by atoms with Gasteiger partial charge in [-0.25, -0.2) is 0 Å². The van der Waals surface area contributed by atoms with Crippen LogP contribution in [-0.4, -0.2) is 54.3 Å². The summed E-state index contributed by atoms with van der Waals surface area (Å²) < 4.78 is 5.85. The van der Waals surface area contributed by atoms with Gasteiger partial charge in [-0.3, -0.25) is 14.5 Å². The molecule has 1 aliphatic heterocycles. The Labute approximate surface area is 199 Å². The molecule has 3 aromatic rings. The molecule has 7 heteroatoms. The molecule has 172 valence electrons. The van der Waals surface area contributed by atoms with Gasteiger partial charge in [-0.2, -0.15) is 5.26 Å². The summed E-state index contributed by atoms with van der Waals surface area (Å²) >= 11 is 0. The lowest BCUT2D eigenvalue weighted by molar-refractivity contribution is -0.117. The molecular weight excluding hydrogens is 428 g/mol. The lowest BCUT2D eigenvalue weighted by Gasteiger charge is -2.34. The molecule has 1 fully saturated rings. The summed E-state index contributed by atoms with van der Waals surface area (Å²) in [5.74, 6) is 0.458. The summed E-state index contributed by atoms with van der Waals surface area (Å²) in [6.45, 7) is 2.93. The van der Waals surface area contributed by atoms with Gasteiger partial charge in [0.15, 0.2) is 0 Å². The summed E-state index contributed by atoms with van der Waals surface area (Å²) in [6, 6.07) is 25.9. The molecule has 2 amide bonds. The molecule has 0 saturated carbocycles. The van der Waals surface area contributed by atoms with Gasteiger partial charge in [-0.15, -0.1) is 0 Å². The van der Waals surface area contributed by atoms with Gasteiger partial charge in [0.25, 0.3) is 5.91 Å². The molecule has 34 heavy (non-hydrogen) atoms. The number of ether oxygens (including phenoxy) is 1. The summed E-state index contributed by atoms with van der Waals surface area (Å²) in [4.78, 5) is 29.2. The molecule has 3 aromatic carbocycles. The van der Waals surface area contributed by atoms with E-state index >= 15 is 0 Å². The van der Waals surface area contributed by atoms with Crippen molar-refractivity contribution in [2.45, 2.75) is 6.61 Å². The van der Waals surface area contributed by atoms with Crippen molar-refractivity contribution in [2.75, 3.05) is 38.0 Å². The number of hydrogen-bond donors (Lipinski definition) is 1. The minimum Gasteiger partial charge on any atom is -0.489 e. The molecule has 0 unspecified atom stereocenters. The van der Waals surface area contributed by atoms with Crippen LogP contribution in [0, 0.1) is 11.3 Å². The largest absolute Gasteiger partial charge is 0.489 e. The number of carbonyl (C=O) groups is 2. The van der Waals surface area contributed by atoms with Crippen LogP contribution >= 0.6 is 0 Å². The molecule has 0 aromatic heterocycles. The van der Waals surface area contributed by atoms with Crippen molar-refractivity contribution in [2.24, 2.45) is 0 Å². The van der Waals surface area contributed by atoms with Crippen molar-refractivity contribution < 1.29 is 14.3 Å². The molecule has 1 heterocycles. The Hall–Kier alpha value is -4.15. The highest BCUT2D eigenvalue weighted by atomic mass is 16.5. The van der Waals surface area contributed by atoms with Crippen molar-refractivity contribution in [3.05, 3.63) is 95.6 Å². The second kappa shape index (κ2) is 11.1. The van der Waals surface area contributed by atoms with E-state index in [-0.39, 0.29) is 18.4 Å². The number of para-hydroxylation sites is 1. The van der Waals surface area contributed by atoms with Gasteiger partial charge in [0.1, 0.15) is 12.4 Å². The fraction of sp³-hybridized carbons (Fsp3) is 0.222. The highest BCUT2D eigenvalue weighted by Crippen LogP contribution is 2.18. The highest BCUT2D eigenvalue weighted by molar-refractivity contribution is 5.95. The summed E-state index contributed by atoms with van der Waals surface area (Å²) in [5.41, 5.74) is 2.71. The molecule has 1 saturated heterocycles. The topological polar surface area (TPSA) is 85.7 Å². The van der Waals surface area contributed by atoms with E-state index in [1.54, 1.807) is 35.2 Å². The Morgan fingerprint density at radius 2 is 1.65 bits per heavy atom. The lowest BCUT2D eigenvalue weighted by Crippen LogP contribution is -2.50. The zero-order chi connectivity index (χ0) is 23.8. The predicted octanol–water partition coefficient (Wildman–Crippen LogP) is 3.53. The zero-order valence-corrected chi connectivity index (χ0v) is 18.8. The van der Waals surface area contributed by atoms with Crippen LogP contribution in [0.1, 0.15) is 21.5 Å². The van der Waals surface area contributed by atoms with Gasteiger partial charge in [-0.1, -0.05) is 42.5 Å². The molecule has 1 aliphatic rings. The van der Waals surface area contributed by atoms with Gasteiger partial charge < -0.3 is 15.0 Å². The van der Waals surface area contributed by atoms with Crippen molar-refractivity contribution in [1.82, 2.24) is 9.80 Å². The van der Waals surface area contributed by atoms with E-state index in [4.69, 9.17) is 4.74 Å². The first-order chi connectivity index (χ1) is 16.6. The van der Waals surface area contributed by atoms with Gasteiger partial charge in [0.2, 0.25) is 5.91 Å². The number of nitriles is 1. The van der Waals surface area contributed by atoms with E-state index in [0.29, 0.717) is 49.6 Å². The monoisotopic (exact) mass is 454 g/mol. The van der Waals surface area contributed by atoms with E-state index in [1.165, 1.54) is 0 Å². The van der Waals surface area contributed by atoms with E-state index in [0.717, 1.165) is 11.3 Å². The number of piperazine rings is 1. The Morgan fingerprint density at radius 3 is 2.41 bits per heavy atom. The first kappa shape index (κ1) is 23.0. The van der Waals surface area contributed by atoms with Gasteiger partial charge >= 0.3 is 0 Å². The molecule has 7 nitrogen and oxygen atoms in total. The van der Waals surface area contributed by atoms with Crippen molar-refractivity contribution in [3.8, 4) is 11.8 Å². The first-order valence-electron chi connectivity index (χ1n) is 11.2. The number of carbonyl (C=O) groups excluding carboxylic acids is 2. The average Bonchev–Trinajstić information content (AvgIpc) is 2.88. The van der Waals surface area contributed by atoms with Gasteiger partial charge in [0, 0.05) is 43.0 Å². The number of benzene rings is 3. The smallest absolute Gasteiger partial charge is 0.254 e. The van der Waals surface area contributed by atoms with Crippen molar-refractivity contribution >= 4 is 17.5 Å². The van der Waals surface area contributed by atoms with Crippen molar-refractivity contribution in [3.63, 3.8) is 0 Å². The van der Waals surface area contributed by atoms with Crippen LogP contribution in [0.2, 0.25) is 0 Å². The maximum absolute atomic E-state index is 13.0. The van der Waals surface area contributed by atoms with Crippen LogP contribution in [0.4, 0.5) is 5.69 Å². The number of amides is 2. The summed E-state index contributed by atoms with van der Waals surface area (Å²) in [5, 5.41) is 12.1. The van der Waals surface area contributed by atoms with Crippen LogP contribution in [0.3, 0.4) is 0 Å². The van der Waals surface area contributed by atoms with E-state index < -0.39 is 0 Å². The molecule has 1 N–H and O–H groups in total. The van der Waals surface area contributed by atoms with Crippen LogP contribution in [0.25, 0.3) is 0 Å². The normalized spacial score (nSPS) is 13.7. The molecule has 0 bridgehead atoms. The van der Waals surface area contributed by atoms with Crippen LogP contribution in [-0.2, 0) is 11.4 Å². The quantitative estimate of drug-likeness (QED) is 0.590. The lowest BCUT2D eigenvalue weighted by atomic mass is 10.1. The Bertz CT molecular complexity index is 1180. The third-order valence-electron chi connectivity index (χ3n) is 5.70. The molecule has 0 spiro atoms. The van der Waals surface area contributed by atoms with E-state index in [1.807, 2.05) is 53.4 Å². The zero-order valence-electron chi connectivity index (χ0n) is 18.8. The number of nitrogens with zero attached hydrogens (tertiary/aromatic N) is 3. The number of rotatable bonds is 7. The molecule has 0 atom stereocenters. The number of hydrogen-bond acceptors (Lipinski definition) is 5. The van der Waals surface area contributed by atoms with Crippen LogP contribution in [0.15, 0.2) is 78.9 Å². The minimum atomic E-state index is -0.0613. The second-order valence-corrected chi connectivity index (χ2v) is 8.07. The fourth-order valence-corrected chi connectivity index (χ4v) is 3.85. The number of anilines is 1. The SMILES string of the molecule is N#Cc1ccccc1COc1cccc(C(=O)N2CCN(CC(=O)Nc3ccccc3)CC2)c1. The van der Waals surface area contributed by atoms with Crippen molar-refractivity contribution in [1.29, 1.82) is 5.26 Å². The fourth-order valence-electron chi connectivity index (χ4n) is 3.85. The van der Waals surface area contributed by atoms with Crippen LogP contribution < -0.4 is 10.1 Å². The third-order valence-corrected chi connectivity index (χ3v) is 5.70. The van der Waals surface area contributed by atoms with E-state index in [9.17, 15) is 14.9 Å². The maximum atomic E-state index is 13.0. The average molecular weight is 455 g/mol. The Kier molecular flexibility index (Phi) is 7.53. The number of nitrogens with one attached hydrogen (secondary N) is 1. The second-order valence-electron chi connectivity index (χ2n) is 8.07. The summed E-state index contributed by atoms with van der Waals surface area (Å²) in [7, 11) is 0. The van der Waals surface area contributed by atoms with E-state index in [2.05, 4.69) is 11.4 Å². The van der Waals surface area contributed by atoms with Crippen LogP contribution in [0.5, 0.6) is 5.75 Å². The Balaban J connectivity index is 1.28. The molecule has 0 radical (unpaired) electrons. The Morgan fingerprint density at radius 1 is 0.912 bits per heavy atom. The first-order valence-corrected chi connectivity index (χ1v) is 11.2. The molecular formula is C27H26N4O3.